The first-order valence-electron chi connectivity index (χ1n) is 10.1. The van der Waals surface area contributed by atoms with Crippen LogP contribution in [0.15, 0.2) is 48.6 Å². The maximum atomic E-state index is 12.8. The van der Waals surface area contributed by atoms with E-state index in [4.69, 9.17) is 21.1 Å². The number of benzene rings is 1. The van der Waals surface area contributed by atoms with E-state index in [1.54, 1.807) is 18.2 Å². The molecule has 0 saturated carbocycles. The van der Waals surface area contributed by atoms with Crippen LogP contribution in [0.5, 0.6) is 0 Å². The molecule has 0 spiro atoms. The number of aliphatic hydroxyl groups excluding tert-OH is 1. The summed E-state index contributed by atoms with van der Waals surface area (Å²) >= 11 is 6.20. The van der Waals surface area contributed by atoms with Crippen LogP contribution >= 0.6 is 11.6 Å². The maximum absolute atomic E-state index is 12.8. The maximum Gasteiger partial charge on any atom is 0.408 e. The Balaban J connectivity index is 2.02. The van der Waals surface area contributed by atoms with Gasteiger partial charge in [-0.1, -0.05) is 17.7 Å². The molecule has 0 amide bonds. The van der Waals surface area contributed by atoms with Gasteiger partial charge in [-0.15, -0.1) is 0 Å². The van der Waals surface area contributed by atoms with E-state index in [-0.39, 0.29) is 18.8 Å². The smallest absolute Gasteiger partial charge is 0.408 e. The minimum absolute atomic E-state index is 0.111. The minimum Gasteiger partial charge on any atom is -0.495 e. The highest BCUT2D eigenvalue weighted by molar-refractivity contribution is 6.31. The van der Waals surface area contributed by atoms with Crippen molar-refractivity contribution in [2.45, 2.75) is 31.4 Å². The number of aliphatic hydroxyl groups is 1. The molecule has 2 unspecified atom stereocenters. The number of alkyl halides is 3. The first-order chi connectivity index (χ1) is 16.0. The molecule has 2 atom stereocenters. The van der Waals surface area contributed by atoms with Crippen LogP contribution < -0.4 is 0 Å². The fourth-order valence-electron chi connectivity index (χ4n) is 3.65. The van der Waals surface area contributed by atoms with E-state index in [9.17, 15) is 28.2 Å². The van der Waals surface area contributed by atoms with Gasteiger partial charge in [-0.05, 0) is 29.3 Å². The third kappa shape index (κ3) is 5.91. The zero-order valence-corrected chi connectivity index (χ0v) is 19.0. The molecule has 2 heterocycles. The molecule has 0 radical (unpaired) electrons. The van der Waals surface area contributed by atoms with Gasteiger partial charge in [0.1, 0.15) is 24.6 Å². The Morgan fingerprint density at radius 2 is 2.03 bits per heavy atom. The van der Waals surface area contributed by atoms with Crippen molar-refractivity contribution in [1.82, 2.24) is 14.7 Å². The molecule has 8 nitrogen and oxygen atoms in total. The Labute approximate surface area is 198 Å². The standard InChI is InChI=1S/C22H23ClF3N3O5/c1-33-6-5-18(21(31)32)29-11-19(34-2)17(8-20(29)30)16-7-14(23)3-4-15(16)13-9-27-28(10-13)12-22(24,25)26/h3-4,7-11,18,20,30H,5-6,12H2,1-2H3,(H,31,32). The van der Waals surface area contributed by atoms with Crippen molar-refractivity contribution in [2.24, 2.45) is 0 Å². The molecule has 0 fully saturated rings. The Morgan fingerprint density at radius 1 is 1.29 bits per heavy atom. The number of hydrogen-bond acceptors (Lipinski definition) is 6. The number of aliphatic carboxylic acids is 1. The zero-order chi connectivity index (χ0) is 25.0. The minimum atomic E-state index is -4.43. The van der Waals surface area contributed by atoms with Gasteiger partial charge in [-0.3, -0.25) is 4.68 Å². The average Bonchev–Trinajstić information content (AvgIpc) is 3.20. The van der Waals surface area contributed by atoms with E-state index in [0.29, 0.717) is 27.3 Å². The molecule has 1 aliphatic heterocycles. The number of carboxylic acids is 1. The second kappa shape index (κ2) is 10.5. The summed E-state index contributed by atoms with van der Waals surface area (Å²) in [7, 11) is 2.82. The SMILES string of the molecule is COCCC(C(=O)O)N1C=C(OC)C(c2cc(Cl)ccc2-c2cnn(CC(F)(F)F)c2)=CC1O. The highest BCUT2D eigenvalue weighted by Gasteiger charge is 2.33. The normalized spacial score (nSPS) is 17.3. The quantitative estimate of drug-likeness (QED) is 0.540. The summed E-state index contributed by atoms with van der Waals surface area (Å²) in [5, 5.41) is 24.5. The summed E-state index contributed by atoms with van der Waals surface area (Å²) in [4.78, 5) is 13.0. The first-order valence-corrected chi connectivity index (χ1v) is 10.5. The summed E-state index contributed by atoms with van der Waals surface area (Å²) in [5.74, 6) is -0.916. The van der Waals surface area contributed by atoms with E-state index in [0.717, 1.165) is 4.68 Å². The van der Waals surface area contributed by atoms with Gasteiger partial charge in [0.05, 0.1) is 13.3 Å². The summed E-state index contributed by atoms with van der Waals surface area (Å²) < 4.78 is 49.5. The van der Waals surface area contributed by atoms with Crippen LogP contribution in [-0.2, 0) is 20.8 Å². The van der Waals surface area contributed by atoms with Crippen LogP contribution in [0, 0.1) is 0 Å². The largest absolute Gasteiger partial charge is 0.495 e. The number of carbonyl (C=O) groups is 1. The van der Waals surface area contributed by atoms with Gasteiger partial charge in [0.25, 0.3) is 0 Å². The Hall–Kier alpha value is -3.02. The molecule has 2 aromatic rings. The Kier molecular flexibility index (Phi) is 7.90. The Bertz CT molecular complexity index is 1100. The van der Waals surface area contributed by atoms with Crippen LogP contribution in [0.1, 0.15) is 12.0 Å². The van der Waals surface area contributed by atoms with Gasteiger partial charge in [-0.25, -0.2) is 4.79 Å². The van der Waals surface area contributed by atoms with Crippen molar-refractivity contribution in [3.63, 3.8) is 0 Å². The lowest BCUT2D eigenvalue weighted by Crippen LogP contribution is -2.45. The van der Waals surface area contributed by atoms with Gasteiger partial charge >= 0.3 is 12.1 Å². The monoisotopic (exact) mass is 501 g/mol. The number of hydrogen-bond donors (Lipinski definition) is 2. The number of aromatic nitrogens is 2. The molecule has 1 aromatic carbocycles. The van der Waals surface area contributed by atoms with Crippen LogP contribution in [0.3, 0.4) is 0 Å². The molecular weight excluding hydrogens is 479 g/mol. The fourth-order valence-corrected chi connectivity index (χ4v) is 3.82. The van der Waals surface area contributed by atoms with Gasteiger partial charge < -0.3 is 24.6 Å². The fraction of sp³-hybridized carbons (Fsp3) is 0.364. The highest BCUT2D eigenvalue weighted by Crippen LogP contribution is 2.38. The van der Waals surface area contributed by atoms with E-state index in [1.807, 2.05) is 0 Å². The van der Waals surface area contributed by atoms with E-state index < -0.39 is 31.0 Å². The summed E-state index contributed by atoms with van der Waals surface area (Å²) in [6.45, 7) is -1.08. The molecule has 2 N–H and O–H groups in total. The second-order valence-electron chi connectivity index (χ2n) is 7.51. The van der Waals surface area contributed by atoms with Crippen molar-refractivity contribution in [1.29, 1.82) is 0 Å². The van der Waals surface area contributed by atoms with Crippen LogP contribution in [0.4, 0.5) is 13.2 Å². The molecule has 0 saturated heterocycles. The number of carboxylic acid groups (broad SMARTS) is 1. The van der Waals surface area contributed by atoms with Gasteiger partial charge in [0.2, 0.25) is 0 Å². The van der Waals surface area contributed by atoms with Crippen LogP contribution in [0.2, 0.25) is 5.02 Å². The molecule has 12 heteroatoms. The van der Waals surface area contributed by atoms with E-state index >= 15 is 0 Å². The molecule has 1 aromatic heterocycles. The van der Waals surface area contributed by atoms with Crippen molar-refractivity contribution < 1.29 is 37.7 Å². The number of allylic oxidation sites excluding steroid dienone is 1. The third-order valence-electron chi connectivity index (χ3n) is 5.17. The Morgan fingerprint density at radius 3 is 2.65 bits per heavy atom. The lowest BCUT2D eigenvalue weighted by Gasteiger charge is -2.35. The number of halogens is 4. The molecule has 34 heavy (non-hydrogen) atoms. The second-order valence-corrected chi connectivity index (χ2v) is 7.94. The van der Waals surface area contributed by atoms with Crippen molar-refractivity contribution in [3.8, 4) is 11.1 Å². The van der Waals surface area contributed by atoms with E-state index in [1.165, 1.54) is 43.8 Å². The summed E-state index contributed by atoms with van der Waals surface area (Å²) in [5.41, 5.74) is 1.76. The van der Waals surface area contributed by atoms with Crippen LogP contribution in [0.25, 0.3) is 16.7 Å². The van der Waals surface area contributed by atoms with Gasteiger partial charge in [0, 0.05) is 48.7 Å². The lowest BCUT2D eigenvalue weighted by atomic mass is 9.93. The summed E-state index contributed by atoms with van der Waals surface area (Å²) in [6, 6.07) is 3.70. The predicted octanol–water partition coefficient (Wildman–Crippen LogP) is 3.76. The molecule has 3 rings (SSSR count). The molecule has 0 bridgehead atoms. The highest BCUT2D eigenvalue weighted by atomic mass is 35.5. The first kappa shape index (κ1) is 25.6. The molecule has 184 valence electrons. The molecule has 0 aliphatic carbocycles. The summed E-state index contributed by atoms with van der Waals surface area (Å²) in [6.07, 6.45) is -0.309. The molecular formula is C22H23ClF3N3O5. The van der Waals surface area contributed by atoms with Crippen LogP contribution in [-0.4, -0.2) is 70.1 Å². The number of nitrogens with zero attached hydrogens (tertiary/aromatic N) is 3. The van der Waals surface area contributed by atoms with Gasteiger partial charge in [0.15, 0.2) is 0 Å². The van der Waals surface area contributed by atoms with Crippen molar-refractivity contribution in [3.05, 3.63) is 59.2 Å². The zero-order valence-electron chi connectivity index (χ0n) is 18.3. The van der Waals surface area contributed by atoms with Gasteiger partial charge in [-0.2, -0.15) is 18.3 Å². The number of rotatable bonds is 9. The average molecular weight is 502 g/mol. The predicted molar refractivity (Wildman–Crippen MR) is 118 cm³/mol. The lowest BCUT2D eigenvalue weighted by molar-refractivity contribution is -0.146. The number of methoxy groups -OCH3 is 2. The topological polar surface area (TPSA) is 97.0 Å². The van der Waals surface area contributed by atoms with Crippen molar-refractivity contribution in [2.75, 3.05) is 20.8 Å². The molecule has 1 aliphatic rings. The van der Waals surface area contributed by atoms with E-state index in [2.05, 4.69) is 5.10 Å². The number of ether oxygens (including phenoxy) is 2. The third-order valence-corrected chi connectivity index (χ3v) is 5.41. The van der Waals surface area contributed by atoms with Crippen molar-refractivity contribution >= 4 is 23.1 Å².